The number of hydrogen-bond donors (Lipinski definition) is 2. The van der Waals surface area contributed by atoms with Gasteiger partial charge in [0, 0.05) is 36.3 Å². The van der Waals surface area contributed by atoms with Gasteiger partial charge >= 0.3 is 0 Å². The van der Waals surface area contributed by atoms with Gasteiger partial charge in [-0.2, -0.15) is 0 Å². The highest BCUT2D eigenvalue weighted by molar-refractivity contribution is 5.95. The van der Waals surface area contributed by atoms with E-state index in [4.69, 9.17) is 9.47 Å². The number of nitrogens with zero attached hydrogens (tertiary/aromatic N) is 1. The second-order valence-corrected chi connectivity index (χ2v) is 9.45. The Morgan fingerprint density at radius 2 is 1.82 bits per heavy atom. The van der Waals surface area contributed by atoms with Gasteiger partial charge < -0.3 is 25.0 Å². The van der Waals surface area contributed by atoms with Crippen molar-refractivity contribution in [3.63, 3.8) is 0 Å². The van der Waals surface area contributed by atoms with Crippen molar-refractivity contribution >= 4 is 23.0 Å². The number of benzene rings is 3. The van der Waals surface area contributed by atoms with Crippen LogP contribution in [0.2, 0.25) is 0 Å². The Kier molecular flexibility index (Phi) is 5.18. The van der Waals surface area contributed by atoms with Crippen molar-refractivity contribution in [1.82, 2.24) is 5.32 Å². The molecule has 3 heterocycles. The van der Waals surface area contributed by atoms with Gasteiger partial charge in [-0.25, -0.2) is 0 Å². The number of piperidine rings is 1. The van der Waals surface area contributed by atoms with E-state index < -0.39 is 0 Å². The maximum atomic E-state index is 11.8. The van der Waals surface area contributed by atoms with E-state index in [0.29, 0.717) is 18.1 Å². The van der Waals surface area contributed by atoms with Crippen LogP contribution in [0.4, 0.5) is 17.1 Å². The van der Waals surface area contributed by atoms with Crippen LogP contribution < -0.4 is 25.0 Å². The molecule has 0 saturated carbocycles. The van der Waals surface area contributed by atoms with Crippen LogP contribution in [0, 0.1) is 0 Å². The molecule has 2 atom stereocenters. The largest absolute Gasteiger partial charge is 0.493 e. The van der Waals surface area contributed by atoms with Crippen molar-refractivity contribution in [2.45, 2.75) is 50.7 Å². The van der Waals surface area contributed by atoms with Gasteiger partial charge in [0.2, 0.25) is 5.91 Å². The molecule has 2 fully saturated rings. The number of carbonyl (C=O) groups excluding carboxylic acids is 1. The molecule has 174 valence electrons. The van der Waals surface area contributed by atoms with Gasteiger partial charge in [0.25, 0.3) is 0 Å². The van der Waals surface area contributed by atoms with Gasteiger partial charge in [0.15, 0.2) is 17.2 Å². The van der Waals surface area contributed by atoms with E-state index in [9.17, 15) is 4.79 Å². The zero-order valence-corrected chi connectivity index (χ0v) is 19.5. The summed E-state index contributed by atoms with van der Waals surface area (Å²) in [5, 5.41) is 6.71. The van der Waals surface area contributed by atoms with Crippen LogP contribution in [0.1, 0.15) is 32.6 Å². The van der Waals surface area contributed by atoms with E-state index in [0.717, 1.165) is 58.3 Å². The number of ether oxygens (including phenoxy) is 2. The van der Waals surface area contributed by atoms with Crippen molar-refractivity contribution < 1.29 is 14.3 Å². The number of methoxy groups -OCH3 is 1. The first kappa shape index (κ1) is 21.1. The first-order valence-electron chi connectivity index (χ1n) is 12.0. The second kappa shape index (κ2) is 8.37. The zero-order valence-electron chi connectivity index (χ0n) is 19.5. The molecule has 0 aliphatic carbocycles. The number of anilines is 3. The van der Waals surface area contributed by atoms with Crippen LogP contribution in [-0.2, 0) is 4.79 Å². The molecular formula is C28H29N3O3. The molecule has 3 aliphatic heterocycles. The average molecular weight is 456 g/mol. The van der Waals surface area contributed by atoms with Gasteiger partial charge in [-0.05, 0) is 61.6 Å². The molecule has 3 aromatic carbocycles. The normalized spacial score (nSPS) is 22.4. The van der Waals surface area contributed by atoms with Crippen molar-refractivity contribution in [2.24, 2.45) is 0 Å². The molecule has 2 N–H and O–H groups in total. The van der Waals surface area contributed by atoms with Gasteiger partial charge in [0.1, 0.15) is 0 Å². The SMILES string of the molecule is COc1cccc2c1Oc1cc(-c3ccccc3NC(C)=O)ccc1N2C1CC2CCC(C1)N2. The summed E-state index contributed by atoms with van der Waals surface area (Å²) in [6.45, 7) is 1.53. The highest BCUT2D eigenvalue weighted by atomic mass is 16.5. The monoisotopic (exact) mass is 455 g/mol. The summed E-state index contributed by atoms with van der Waals surface area (Å²) in [6, 6.07) is 21.9. The number of amides is 1. The molecule has 0 spiro atoms. The molecule has 2 unspecified atom stereocenters. The minimum absolute atomic E-state index is 0.0907. The topological polar surface area (TPSA) is 62.8 Å². The fraction of sp³-hybridized carbons (Fsp3) is 0.321. The Morgan fingerprint density at radius 3 is 2.59 bits per heavy atom. The second-order valence-electron chi connectivity index (χ2n) is 9.45. The Labute approximate surface area is 199 Å². The standard InChI is InChI=1S/C28H29N3O3/c1-17(32)29-23-7-4-3-6-22(23)18-10-13-24-27(14-18)34-28-25(8-5-9-26(28)33-2)31(24)21-15-19-11-12-20(16-21)30-19/h3-10,13-14,19-21,30H,11-12,15-16H2,1-2H3,(H,29,32). The minimum atomic E-state index is -0.0907. The molecule has 0 radical (unpaired) electrons. The molecule has 6 nitrogen and oxygen atoms in total. The Morgan fingerprint density at radius 1 is 1.03 bits per heavy atom. The summed E-state index contributed by atoms with van der Waals surface area (Å²) >= 11 is 0. The third kappa shape index (κ3) is 3.59. The first-order chi connectivity index (χ1) is 16.6. The third-order valence-corrected chi connectivity index (χ3v) is 7.23. The summed E-state index contributed by atoms with van der Waals surface area (Å²) in [6.07, 6.45) is 4.73. The lowest BCUT2D eigenvalue weighted by atomic mass is 9.95. The van der Waals surface area contributed by atoms with Crippen LogP contribution in [0.5, 0.6) is 17.2 Å². The molecule has 3 aromatic rings. The van der Waals surface area contributed by atoms with E-state index in [1.54, 1.807) is 7.11 Å². The van der Waals surface area contributed by atoms with Gasteiger partial charge in [-0.1, -0.05) is 30.3 Å². The Hall–Kier alpha value is -3.51. The van der Waals surface area contributed by atoms with Crippen molar-refractivity contribution in [3.05, 3.63) is 60.7 Å². The molecule has 6 heteroatoms. The number of rotatable bonds is 4. The lowest BCUT2D eigenvalue weighted by Gasteiger charge is -2.42. The van der Waals surface area contributed by atoms with Crippen LogP contribution >= 0.6 is 0 Å². The summed E-state index contributed by atoms with van der Waals surface area (Å²) in [5.41, 5.74) is 4.88. The number of fused-ring (bicyclic) bond motifs is 4. The van der Waals surface area contributed by atoms with E-state index in [1.807, 2.05) is 36.4 Å². The van der Waals surface area contributed by atoms with Crippen molar-refractivity contribution in [2.75, 3.05) is 17.3 Å². The maximum absolute atomic E-state index is 11.8. The highest BCUT2D eigenvalue weighted by Gasteiger charge is 2.40. The lowest BCUT2D eigenvalue weighted by molar-refractivity contribution is -0.114. The lowest BCUT2D eigenvalue weighted by Crippen LogP contribution is -2.47. The molecule has 2 bridgehead atoms. The Bertz CT molecular complexity index is 1250. The zero-order chi connectivity index (χ0) is 23.2. The van der Waals surface area contributed by atoms with E-state index in [1.165, 1.54) is 19.8 Å². The van der Waals surface area contributed by atoms with E-state index in [-0.39, 0.29) is 5.91 Å². The summed E-state index contributed by atoms with van der Waals surface area (Å²) in [4.78, 5) is 14.2. The predicted octanol–water partition coefficient (Wildman–Crippen LogP) is 5.85. The first-order valence-corrected chi connectivity index (χ1v) is 12.0. The fourth-order valence-corrected chi connectivity index (χ4v) is 5.82. The van der Waals surface area contributed by atoms with Crippen LogP contribution in [0.15, 0.2) is 60.7 Å². The summed E-state index contributed by atoms with van der Waals surface area (Å²) in [5.74, 6) is 2.20. The van der Waals surface area contributed by atoms with Gasteiger partial charge in [-0.15, -0.1) is 0 Å². The van der Waals surface area contributed by atoms with E-state index in [2.05, 4.69) is 39.8 Å². The van der Waals surface area contributed by atoms with Crippen LogP contribution in [0.3, 0.4) is 0 Å². The van der Waals surface area contributed by atoms with Gasteiger partial charge in [0.05, 0.1) is 18.5 Å². The van der Waals surface area contributed by atoms with Crippen molar-refractivity contribution in [1.29, 1.82) is 0 Å². The van der Waals surface area contributed by atoms with Gasteiger partial charge in [-0.3, -0.25) is 4.79 Å². The molecule has 34 heavy (non-hydrogen) atoms. The number of hydrogen-bond acceptors (Lipinski definition) is 5. The predicted molar refractivity (Wildman–Crippen MR) is 134 cm³/mol. The van der Waals surface area contributed by atoms with Crippen molar-refractivity contribution in [3.8, 4) is 28.4 Å². The number of para-hydroxylation sites is 2. The quantitative estimate of drug-likeness (QED) is 0.517. The molecule has 3 aliphatic rings. The highest BCUT2D eigenvalue weighted by Crippen LogP contribution is 2.54. The summed E-state index contributed by atoms with van der Waals surface area (Å²) in [7, 11) is 1.68. The van der Waals surface area contributed by atoms with E-state index >= 15 is 0 Å². The Balaban J connectivity index is 1.46. The number of nitrogens with one attached hydrogen (secondary N) is 2. The maximum Gasteiger partial charge on any atom is 0.221 e. The summed E-state index contributed by atoms with van der Waals surface area (Å²) < 4.78 is 12.2. The number of carbonyl (C=O) groups is 1. The fourth-order valence-electron chi connectivity index (χ4n) is 5.82. The molecule has 6 rings (SSSR count). The molecule has 0 aromatic heterocycles. The molecule has 1 amide bonds. The average Bonchev–Trinajstić information content (AvgIpc) is 3.19. The molecule has 2 saturated heterocycles. The van der Waals surface area contributed by atoms with Crippen LogP contribution in [0.25, 0.3) is 11.1 Å². The van der Waals surface area contributed by atoms with Crippen LogP contribution in [-0.4, -0.2) is 31.1 Å². The minimum Gasteiger partial charge on any atom is -0.493 e. The smallest absolute Gasteiger partial charge is 0.221 e. The third-order valence-electron chi connectivity index (χ3n) is 7.23. The molecular weight excluding hydrogens is 426 g/mol.